The molecule has 1 saturated heterocycles. The number of benzene rings is 2. The first-order chi connectivity index (χ1) is 13.3. The second kappa shape index (κ2) is 8.92. The molecule has 0 aromatic heterocycles. The molecule has 0 atom stereocenters. The third-order valence-corrected chi connectivity index (χ3v) is 5.55. The van der Waals surface area contributed by atoms with Crippen molar-refractivity contribution in [2.75, 3.05) is 31.1 Å². The molecule has 8 heteroatoms. The number of carbonyl (C=O) groups is 2. The van der Waals surface area contributed by atoms with E-state index in [0.29, 0.717) is 49.0 Å². The Morgan fingerprint density at radius 3 is 2.46 bits per heavy atom. The van der Waals surface area contributed by atoms with E-state index in [1.807, 2.05) is 17.0 Å². The fourth-order valence-corrected chi connectivity index (χ4v) is 3.82. The van der Waals surface area contributed by atoms with Crippen LogP contribution in [0.3, 0.4) is 0 Å². The minimum absolute atomic E-state index is 0.169. The maximum Gasteiger partial charge on any atom is 0.317 e. The summed E-state index contributed by atoms with van der Waals surface area (Å²) in [5, 5.41) is 3.46. The van der Waals surface area contributed by atoms with Crippen molar-refractivity contribution in [3.8, 4) is 0 Å². The number of nitrogens with one attached hydrogen (secondary N) is 1. The molecule has 0 aliphatic carbocycles. The summed E-state index contributed by atoms with van der Waals surface area (Å²) in [6.07, 6.45) is 0. The van der Waals surface area contributed by atoms with Gasteiger partial charge in [0.05, 0.1) is 5.69 Å². The van der Waals surface area contributed by atoms with Gasteiger partial charge in [0.15, 0.2) is 5.78 Å². The summed E-state index contributed by atoms with van der Waals surface area (Å²) in [4.78, 5) is 27.4. The fraction of sp³-hybridized carbons (Fsp3) is 0.300. The highest BCUT2D eigenvalue weighted by molar-refractivity contribution is 9.10. The van der Waals surface area contributed by atoms with Crippen molar-refractivity contribution in [3.05, 3.63) is 62.8 Å². The molecule has 28 heavy (non-hydrogen) atoms. The van der Waals surface area contributed by atoms with Crippen LogP contribution in [0.25, 0.3) is 0 Å². The molecule has 1 heterocycles. The number of nitrogens with zero attached hydrogens (tertiary/aromatic N) is 2. The average molecular weight is 469 g/mol. The van der Waals surface area contributed by atoms with Gasteiger partial charge in [-0.2, -0.15) is 0 Å². The van der Waals surface area contributed by atoms with E-state index in [4.69, 9.17) is 11.6 Å². The van der Waals surface area contributed by atoms with Gasteiger partial charge in [-0.1, -0.05) is 33.6 Å². The highest BCUT2D eigenvalue weighted by Crippen LogP contribution is 2.23. The van der Waals surface area contributed by atoms with Crippen molar-refractivity contribution >= 4 is 45.0 Å². The van der Waals surface area contributed by atoms with Crippen LogP contribution in [0.2, 0.25) is 5.02 Å². The summed E-state index contributed by atoms with van der Waals surface area (Å²) >= 11 is 9.52. The number of halogens is 3. The molecule has 0 unspecified atom stereocenters. The molecule has 2 amide bonds. The van der Waals surface area contributed by atoms with Crippen LogP contribution in [0, 0.1) is 5.82 Å². The number of urea groups is 1. The van der Waals surface area contributed by atoms with Gasteiger partial charge in [-0.15, -0.1) is 0 Å². The Labute approximate surface area is 176 Å². The summed E-state index contributed by atoms with van der Waals surface area (Å²) in [6, 6.07) is 9.85. The minimum atomic E-state index is -0.421. The molecule has 0 radical (unpaired) electrons. The standard InChI is InChI=1S/C20H20BrClFN3O2/c1-13(27)14-3-5-19(18(23)10-14)25-6-8-26(9-7-25)20(28)24-12-15-2-4-16(21)11-17(15)22/h2-5,10-11H,6-9,12H2,1H3,(H,24,28). The van der Waals surface area contributed by atoms with Gasteiger partial charge < -0.3 is 15.1 Å². The van der Waals surface area contributed by atoms with E-state index >= 15 is 0 Å². The number of amides is 2. The van der Waals surface area contributed by atoms with E-state index in [1.165, 1.54) is 13.0 Å². The van der Waals surface area contributed by atoms with Crippen LogP contribution in [0.1, 0.15) is 22.8 Å². The van der Waals surface area contributed by atoms with Crippen LogP contribution in [0.15, 0.2) is 40.9 Å². The normalized spacial score (nSPS) is 14.1. The monoisotopic (exact) mass is 467 g/mol. The number of ketones is 1. The maximum absolute atomic E-state index is 14.3. The summed E-state index contributed by atoms with van der Waals surface area (Å²) < 4.78 is 15.2. The molecule has 0 bridgehead atoms. The zero-order valence-corrected chi connectivity index (χ0v) is 17.7. The molecule has 1 aliphatic rings. The molecule has 2 aromatic carbocycles. The number of carbonyl (C=O) groups excluding carboxylic acids is 2. The van der Waals surface area contributed by atoms with Crippen molar-refractivity contribution in [1.29, 1.82) is 0 Å². The molecule has 148 valence electrons. The molecule has 2 aromatic rings. The highest BCUT2D eigenvalue weighted by Gasteiger charge is 2.23. The average Bonchev–Trinajstić information content (AvgIpc) is 2.67. The van der Waals surface area contributed by atoms with Gasteiger partial charge in [0, 0.05) is 47.8 Å². The Morgan fingerprint density at radius 2 is 1.86 bits per heavy atom. The maximum atomic E-state index is 14.3. The Balaban J connectivity index is 1.54. The van der Waals surface area contributed by atoms with Crippen LogP contribution in [0.4, 0.5) is 14.9 Å². The van der Waals surface area contributed by atoms with Crippen LogP contribution in [-0.2, 0) is 6.54 Å². The summed E-state index contributed by atoms with van der Waals surface area (Å²) in [5.41, 5.74) is 1.64. The Morgan fingerprint density at radius 1 is 1.14 bits per heavy atom. The second-order valence-electron chi connectivity index (χ2n) is 6.59. The van der Waals surface area contributed by atoms with E-state index in [2.05, 4.69) is 21.2 Å². The molecule has 1 N–H and O–H groups in total. The number of Topliss-reactive ketones (excluding diaryl/α,β-unsaturated/α-hetero) is 1. The first-order valence-electron chi connectivity index (χ1n) is 8.87. The van der Waals surface area contributed by atoms with Crippen molar-refractivity contribution in [1.82, 2.24) is 10.2 Å². The molecule has 5 nitrogen and oxygen atoms in total. The molecule has 3 rings (SSSR count). The van der Waals surface area contributed by atoms with E-state index in [1.54, 1.807) is 23.1 Å². The predicted molar refractivity (Wildman–Crippen MR) is 112 cm³/mol. The van der Waals surface area contributed by atoms with Gasteiger partial charge in [0.25, 0.3) is 0 Å². The van der Waals surface area contributed by atoms with Crippen LogP contribution in [-0.4, -0.2) is 42.9 Å². The number of anilines is 1. The van der Waals surface area contributed by atoms with Gasteiger partial charge in [0.2, 0.25) is 0 Å². The van der Waals surface area contributed by atoms with Crippen LogP contribution in [0.5, 0.6) is 0 Å². The number of rotatable bonds is 4. The van der Waals surface area contributed by atoms with Gasteiger partial charge in [-0.3, -0.25) is 4.79 Å². The van der Waals surface area contributed by atoms with E-state index < -0.39 is 5.82 Å². The summed E-state index contributed by atoms with van der Waals surface area (Å²) in [5.74, 6) is -0.590. The van der Waals surface area contributed by atoms with Gasteiger partial charge in [-0.25, -0.2) is 9.18 Å². The Kier molecular flexibility index (Phi) is 6.57. The lowest BCUT2D eigenvalue weighted by Crippen LogP contribution is -2.51. The largest absolute Gasteiger partial charge is 0.366 e. The number of hydrogen-bond donors (Lipinski definition) is 1. The molecule has 1 fully saturated rings. The van der Waals surface area contributed by atoms with Crippen molar-refractivity contribution in [2.24, 2.45) is 0 Å². The lowest BCUT2D eigenvalue weighted by Gasteiger charge is -2.36. The predicted octanol–water partition coefficient (Wildman–Crippen LogP) is 4.48. The highest BCUT2D eigenvalue weighted by atomic mass is 79.9. The first kappa shape index (κ1) is 20.6. The Hall–Kier alpha value is -2.12. The molecular formula is C20H20BrClFN3O2. The van der Waals surface area contributed by atoms with E-state index in [0.717, 1.165) is 10.0 Å². The molecule has 0 spiro atoms. The zero-order valence-electron chi connectivity index (χ0n) is 15.3. The third kappa shape index (κ3) is 4.83. The summed E-state index contributed by atoms with van der Waals surface area (Å²) in [7, 11) is 0. The number of hydrogen-bond acceptors (Lipinski definition) is 3. The van der Waals surface area contributed by atoms with Crippen LogP contribution >= 0.6 is 27.5 Å². The number of piperazine rings is 1. The third-order valence-electron chi connectivity index (χ3n) is 4.71. The Bertz CT molecular complexity index is 901. The van der Waals surface area contributed by atoms with Gasteiger partial charge >= 0.3 is 6.03 Å². The SMILES string of the molecule is CC(=O)c1ccc(N2CCN(C(=O)NCc3ccc(Br)cc3Cl)CC2)c(F)c1. The van der Waals surface area contributed by atoms with E-state index in [9.17, 15) is 14.0 Å². The molecular weight excluding hydrogens is 449 g/mol. The van der Waals surface area contributed by atoms with Gasteiger partial charge in [0.1, 0.15) is 5.82 Å². The molecule has 1 aliphatic heterocycles. The van der Waals surface area contributed by atoms with Crippen LogP contribution < -0.4 is 10.2 Å². The lowest BCUT2D eigenvalue weighted by molar-refractivity contribution is 0.101. The minimum Gasteiger partial charge on any atom is -0.366 e. The summed E-state index contributed by atoms with van der Waals surface area (Å²) in [6.45, 7) is 3.74. The van der Waals surface area contributed by atoms with Crippen molar-refractivity contribution in [3.63, 3.8) is 0 Å². The molecule has 0 saturated carbocycles. The smallest absolute Gasteiger partial charge is 0.317 e. The fourth-order valence-electron chi connectivity index (χ4n) is 3.08. The van der Waals surface area contributed by atoms with Crippen molar-refractivity contribution in [2.45, 2.75) is 13.5 Å². The quantitative estimate of drug-likeness (QED) is 0.673. The van der Waals surface area contributed by atoms with Crippen molar-refractivity contribution < 1.29 is 14.0 Å². The second-order valence-corrected chi connectivity index (χ2v) is 7.91. The first-order valence-corrected chi connectivity index (χ1v) is 10.0. The topological polar surface area (TPSA) is 52.7 Å². The lowest BCUT2D eigenvalue weighted by atomic mass is 10.1. The van der Waals surface area contributed by atoms with Gasteiger partial charge in [-0.05, 0) is 42.8 Å². The van der Waals surface area contributed by atoms with E-state index in [-0.39, 0.29) is 11.8 Å². The zero-order chi connectivity index (χ0) is 20.3.